The summed E-state index contributed by atoms with van der Waals surface area (Å²) < 4.78 is 4.96. The smallest absolute Gasteiger partial charge is 0.338 e. The Morgan fingerprint density at radius 2 is 1.87 bits per heavy atom. The van der Waals surface area contributed by atoms with Crippen molar-refractivity contribution in [1.29, 1.82) is 0 Å². The molecule has 0 saturated heterocycles. The lowest BCUT2D eigenvalue weighted by atomic mass is 10.1. The number of benzene rings is 2. The summed E-state index contributed by atoms with van der Waals surface area (Å²) in [4.78, 5) is 23.7. The molecule has 5 nitrogen and oxygen atoms in total. The van der Waals surface area contributed by atoms with E-state index in [1.54, 1.807) is 30.3 Å². The highest BCUT2D eigenvalue weighted by molar-refractivity contribution is 6.31. The van der Waals surface area contributed by atoms with Crippen LogP contribution < -0.4 is 5.32 Å². The minimum atomic E-state index is -0.604. The third-order valence-corrected chi connectivity index (χ3v) is 3.42. The molecule has 0 aromatic heterocycles. The summed E-state index contributed by atoms with van der Waals surface area (Å²) in [5, 5.41) is 12.1. The van der Waals surface area contributed by atoms with Gasteiger partial charge in [-0.25, -0.2) is 4.79 Å². The molecule has 0 aliphatic rings. The molecule has 0 aliphatic heterocycles. The highest BCUT2D eigenvalue weighted by Crippen LogP contribution is 2.20. The normalized spacial score (nSPS) is 10.2. The van der Waals surface area contributed by atoms with E-state index in [2.05, 4.69) is 5.32 Å². The summed E-state index contributed by atoms with van der Waals surface area (Å²) in [6, 6.07) is 11.4. The number of carbonyl (C=O) groups is 2. The zero-order valence-corrected chi connectivity index (χ0v) is 13.3. The Labute approximate surface area is 138 Å². The van der Waals surface area contributed by atoms with Crippen molar-refractivity contribution in [3.63, 3.8) is 0 Å². The van der Waals surface area contributed by atoms with Gasteiger partial charge in [-0.2, -0.15) is 0 Å². The first-order chi connectivity index (χ1) is 11.0. The fraction of sp³-hybridized carbons (Fsp3) is 0.176. The van der Waals surface area contributed by atoms with Crippen molar-refractivity contribution < 1.29 is 19.4 Å². The van der Waals surface area contributed by atoms with Crippen LogP contribution in [0.3, 0.4) is 0 Å². The van der Waals surface area contributed by atoms with Crippen molar-refractivity contribution in [2.24, 2.45) is 0 Å². The maximum Gasteiger partial charge on any atom is 0.338 e. The van der Waals surface area contributed by atoms with Gasteiger partial charge in [-0.3, -0.25) is 4.79 Å². The second-order valence-electron chi connectivity index (χ2n) is 4.94. The Balaban J connectivity index is 1.90. The maximum atomic E-state index is 11.8. The molecule has 6 heteroatoms. The average molecular weight is 334 g/mol. The Bertz CT molecular complexity index is 713. The van der Waals surface area contributed by atoms with Gasteiger partial charge in [0.1, 0.15) is 0 Å². The first kappa shape index (κ1) is 17.0. The molecule has 0 bridgehead atoms. The standard InChI is InChI=1S/C17H16ClNO4/c1-11-2-7-14(18)8-15(11)19-16(21)10-23-17(22)13-5-3-12(9-20)4-6-13/h2-8,20H,9-10H2,1H3,(H,19,21). The number of halogens is 1. The van der Waals surface area contributed by atoms with Crippen LogP contribution in [0.1, 0.15) is 21.5 Å². The molecule has 0 saturated carbocycles. The summed E-state index contributed by atoms with van der Waals surface area (Å²) in [7, 11) is 0. The van der Waals surface area contributed by atoms with E-state index < -0.39 is 18.5 Å². The van der Waals surface area contributed by atoms with Gasteiger partial charge in [-0.05, 0) is 42.3 Å². The molecule has 0 aliphatic carbocycles. The molecule has 0 unspecified atom stereocenters. The molecule has 0 radical (unpaired) electrons. The van der Waals surface area contributed by atoms with E-state index in [0.29, 0.717) is 21.8 Å². The highest BCUT2D eigenvalue weighted by atomic mass is 35.5. The van der Waals surface area contributed by atoms with E-state index in [0.717, 1.165) is 5.56 Å². The van der Waals surface area contributed by atoms with Crippen LogP contribution in [0.15, 0.2) is 42.5 Å². The van der Waals surface area contributed by atoms with Gasteiger partial charge in [0.05, 0.1) is 12.2 Å². The monoisotopic (exact) mass is 333 g/mol. The Morgan fingerprint density at radius 1 is 1.17 bits per heavy atom. The predicted octanol–water partition coefficient (Wildman–Crippen LogP) is 2.94. The van der Waals surface area contributed by atoms with Gasteiger partial charge < -0.3 is 15.2 Å². The number of esters is 1. The van der Waals surface area contributed by atoms with Crippen molar-refractivity contribution >= 4 is 29.2 Å². The molecule has 2 rings (SSSR count). The number of amides is 1. The number of carbonyl (C=O) groups excluding carboxylic acids is 2. The number of nitrogens with one attached hydrogen (secondary N) is 1. The first-order valence-corrected chi connectivity index (χ1v) is 7.30. The Hall–Kier alpha value is -2.37. The Kier molecular flexibility index (Phi) is 5.73. The molecular formula is C17H16ClNO4. The average Bonchev–Trinajstić information content (AvgIpc) is 2.56. The zero-order valence-electron chi connectivity index (χ0n) is 12.5. The van der Waals surface area contributed by atoms with Crippen molar-refractivity contribution in [3.05, 3.63) is 64.2 Å². The topological polar surface area (TPSA) is 75.6 Å². The minimum Gasteiger partial charge on any atom is -0.452 e. The van der Waals surface area contributed by atoms with Crippen LogP contribution in [0.25, 0.3) is 0 Å². The number of hydrogen-bond acceptors (Lipinski definition) is 4. The van der Waals surface area contributed by atoms with Crippen molar-refractivity contribution in [2.75, 3.05) is 11.9 Å². The molecule has 23 heavy (non-hydrogen) atoms. The summed E-state index contributed by atoms with van der Waals surface area (Å²) in [5.41, 5.74) is 2.43. The maximum absolute atomic E-state index is 11.8. The highest BCUT2D eigenvalue weighted by Gasteiger charge is 2.11. The molecule has 0 fully saturated rings. The predicted molar refractivity (Wildman–Crippen MR) is 87.5 cm³/mol. The van der Waals surface area contributed by atoms with Crippen LogP contribution in [0, 0.1) is 6.92 Å². The van der Waals surface area contributed by atoms with E-state index in [1.807, 2.05) is 6.92 Å². The van der Waals surface area contributed by atoms with E-state index in [1.165, 1.54) is 12.1 Å². The van der Waals surface area contributed by atoms with Gasteiger partial charge in [-0.15, -0.1) is 0 Å². The quantitative estimate of drug-likeness (QED) is 0.825. The fourth-order valence-electron chi connectivity index (χ4n) is 1.88. The van der Waals surface area contributed by atoms with Crippen molar-refractivity contribution in [1.82, 2.24) is 0 Å². The second kappa shape index (κ2) is 7.76. The molecule has 1 amide bonds. The lowest BCUT2D eigenvalue weighted by molar-refractivity contribution is -0.119. The number of anilines is 1. The van der Waals surface area contributed by atoms with E-state index >= 15 is 0 Å². The minimum absolute atomic E-state index is 0.100. The summed E-state index contributed by atoms with van der Waals surface area (Å²) in [6.07, 6.45) is 0. The van der Waals surface area contributed by atoms with Crippen LogP contribution >= 0.6 is 11.6 Å². The van der Waals surface area contributed by atoms with Gasteiger partial charge in [0.2, 0.25) is 0 Å². The first-order valence-electron chi connectivity index (χ1n) is 6.92. The Morgan fingerprint density at radius 3 is 2.52 bits per heavy atom. The van der Waals surface area contributed by atoms with Crippen LogP contribution in [0.5, 0.6) is 0 Å². The largest absolute Gasteiger partial charge is 0.452 e. The van der Waals surface area contributed by atoms with Crippen LogP contribution in [0.2, 0.25) is 5.02 Å². The van der Waals surface area contributed by atoms with Crippen molar-refractivity contribution in [2.45, 2.75) is 13.5 Å². The van der Waals surface area contributed by atoms with Gasteiger partial charge in [0.25, 0.3) is 5.91 Å². The fourth-order valence-corrected chi connectivity index (χ4v) is 2.05. The van der Waals surface area contributed by atoms with Crippen LogP contribution in [-0.2, 0) is 16.1 Å². The lowest BCUT2D eigenvalue weighted by Gasteiger charge is -2.09. The number of aliphatic hydroxyl groups excluding tert-OH is 1. The van der Waals surface area contributed by atoms with Crippen molar-refractivity contribution in [3.8, 4) is 0 Å². The summed E-state index contributed by atoms with van der Waals surface area (Å²) >= 11 is 5.88. The number of aryl methyl sites for hydroxylation is 1. The molecule has 2 aromatic rings. The van der Waals surface area contributed by atoms with E-state index in [9.17, 15) is 9.59 Å². The second-order valence-corrected chi connectivity index (χ2v) is 5.38. The molecular weight excluding hydrogens is 318 g/mol. The lowest BCUT2D eigenvalue weighted by Crippen LogP contribution is -2.21. The molecule has 0 heterocycles. The molecule has 120 valence electrons. The number of ether oxygens (including phenoxy) is 1. The van der Waals surface area contributed by atoms with Gasteiger partial charge in [0.15, 0.2) is 6.61 Å². The number of rotatable bonds is 5. The summed E-state index contributed by atoms with van der Waals surface area (Å²) in [5.74, 6) is -1.05. The van der Waals surface area contributed by atoms with Crippen LogP contribution in [-0.4, -0.2) is 23.6 Å². The number of hydrogen-bond donors (Lipinski definition) is 2. The third-order valence-electron chi connectivity index (χ3n) is 3.18. The zero-order chi connectivity index (χ0) is 16.8. The van der Waals surface area contributed by atoms with Gasteiger partial charge in [-0.1, -0.05) is 29.8 Å². The molecule has 0 spiro atoms. The number of aliphatic hydroxyl groups is 1. The van der Waals surface area contributed by atoms with E-state index in [-0.39, 0.29) is 6.61 Å². The molecule has 0 atom stereocenters. The van der Waals surface area contributed by atoms with Gasteiger partial charge >= 0.3 is 5.97 Å². The molecule has 2 aromatic carbocycles. The summed E-state index contributed by atoms with van der Waals surface area (Å²) in [6.45, 7) is 1.34. The molecule has 2 N–H and O–H groups in total. The SMILES string of the molecule is Cc1ccc(Cl)cc1NC(=O)COC(=O)c1ccc(CO)cc1. The van der Waals surface area contributed by atoms with E-state index in [4.69, 9.17) is 21.4 Å². The third kappa shape index (κ3) is 4.81. The van der Waals surface area contributed by atoms with Crippen LogP contribution in [0.4, 0.5) is 5.69 Å². The van der Waals surface area contributed by atoms with Gasteiger partial charge in [0, 0.05) is 10.7 Å².